The first-order valence-electron chi connectivity index (χ1n) is 7.77. The normalized spacial score (nSPS) is 25.0. The predicted molar refractivity (Wildman–Crippen MR) is 79.0 cm³/mol. The molecule has 1 aromatic carbocycles. The molecule has 0 radical (unpaired) electrons. The van der Waals surface area contributed by atoms with Crippen molar-refractivity contribution < 1.29 is 13.2 Å². The number of alkyl halides is 3. The van der Waals surface area contributed by atoms with Gasteiger partial charge in [0.25, 0.3) is 0 Å². The van der Waals surface area contributed by atoms with Gasteiger partial charge < -0.3 is 0 Å². The minimum absolute atomic E-state index is 0.0504. The van der Waals surface area contributed by atoms with Gasteiger partial charge in [0.1, 0.15) is 6.04 Å². The summed E-state index contributed by atoms with van der Waals surface area (Å²) in [6.45, 7) is 4.21. The second kappa shape index (κ2) is 6.82. The van der Waals surface area contributed by atoms with Crippen LogP contribution in [0.4, 0.5) is 13.2 Å². The third kappa shape index (κ3) is 4.22. The predicted octanol–water partition coefficient (Wildman–Crippen LogP) is 5.09. The van der Waals surface area contributed by atoms with Crippen LogP contribution < -0.4 is 5.32 Å². The Bertz CT molecular complexity index is 427. The zero-order valence-electron chi connectivity index (χ0n) is 12.7. The highest BCUT2D eigenvalue weighted by molar-refractivity contribution is 5.20. The van der Waals surface area contributed by atoms with Crippen molar-refractivity contribution in [3.63, 3.8) is 0 Å². The minimum Gasteiger partial charge on any atom is -0.299 e. The molecule has 2 rings (SSSR count). The zero-order valence-corrected chi connectivity index (χ0v) is 12.7. The molecule has 0 aromatic heterocycles. The monoisotopic (exact) mass is 299 g/mol. The lowest BCUT2D eigenvalue weighted by Crippen LogP contribution is -2.46. The second-order valence-electron chi connectivity index (χ2n) is 6.35. The van der Waals surface area contributed by atoms with Crippen molar-refractivity contribution in [2.24, 2.45) is 11.8 Å². The number of benzene rings is 1. The van der Waals surface area contributed by atoms with E-state index in [-0.39, 0.29) is 6.04 Å². The summed E-state index contributed by atoms with van der Waals surface area (Å²) in [6, 6.07) is 6.56. The van der Waals surface area contributed by atoms with Crippen molar-refractivity contribution in [1.82, 2.24) is 5.32 Å². The van der Waals surface area contributed by atoms with Crippen molar-refractivity contribution in [3.8, 4) is 0 Å². The fourth-order valence-corrected chi connectivity index (χ4v) is 3.40. The third-order valence-electron chi connectivity index (χ3n) is 4.52. The topological polar surface area (TPSA) is 12.0 Å². The van der Waals surface area contributed by atoms with Gasteiger partial charge >= 0.3 is 6.18 Å². The molecule has 3 atom stereocenters. The Balaban J connectivity index is 2.19. The van der Waals surface area contributed by atoms with Gasteiger partial charge in [0, 0.05) is 6.04 Å². The molecule has 1 fully saturated rings. The highest BCUT2D eigenvalue weighted by Gasteiger charge is 2.43. The van der Waals surface area contributed by atoms with Crippen molar-refractivity contribution in [2.75, 3.05) is 0 Å². The third-order valence-corrected chi connectivity index (χ3v) is 4.52. The molecule has 1 aliphatic carbocycles. The summed E-state index contributed by atoms with van der Waals surface area (Å²) in [5.74, 6) is 0.736. The maximum absolute atomic E-state index is 13.4. The Morgan fingerprint density at radius 3 is 2.24 bits per heavy atom. The molecule has 1 N–H and O–H groups in total. The van der Waals surface area contributed by atoms with E-state index < -0.39 is 12.2 Å². The molecule has 3 unspecified atom stereocenters. The molecule has 0 bridgehead atoms. The van der Waals surface area contributed by atoms with Crippen LogP contribution in [0.25, 0.3) is 0 Å². The van der Waals surface area contributed by atoms with Crippen LogP contribution in [0.5, 0.6) is 0 Å². The van der Waals surface area contributed by atoms with E-state index in [0.717, 1.165) is 25.7 Å². The first-order chi connectivity index (χ1) is 9.89. The number of nitrogens with one attached hydrogen (secondary N) is 1. The lowest BCUT2D eigenvalue weighted by Gasteiger charge is -2.38. The Labute approximate surface area is 124 Å². The highest BCUT2D eigenvalue weighted by Crippen LogP contribution is 2.37. The molecule has 1 nitrogen and oxygen atoms in total. The summed E-state index contributed by atoms with van der Waals surface area (Å²) < 4.78 is 40.3. The Hall–Kier alpha value is -1.03. The summed E-state index contributed by atoms with van der Waals surface area (Å²) in [7, 11) is 0. The van der Waals surface area contributed by atoms with E-state index in [2.05, 4.69) is 19.2 Å². The zero-order chi connectivity index (χ0) is 15.5. The van der Waals surface area contributed by atoms with E-state index >= 15 is 0 Å². The number of halogens is 3. The lowest BCUT2D eigenvalue weighted by molar-refractivity contribution is -0.161. The van der Waals surface area contributed by atoms with Gasteiger partial charge in [-0.2, -0.15) is 13.2 Å². The largest absolute Gasteiger partial charge is 0.407 e. The molecule has 4 heteroatoms. The van der Waals surface area contributed by atoms with Crippen LogP contribution in [-0.2, 0) is 0 Å². The molecule has 0 spiro atoms. The standard InChI is InChI=1S/C17H24F3N/c1-12(2)14-10-6-7-11-15(14)21-16(17(18,19)20)13-8-4-3-5-9-13/h3-5,8-9,12,14-16,21H,6-7,10-11H2,1-2H3. The average Bonchev–Trinajstić information content (AvgIpc) is 2.44. The van der Waals surface area contributed by atoms with Gasteiger partial charge in [-0.3, -0.25) is 5.32 Å². The Morgan fingerprint density at radius 1 is 1.05 bits per heavy atom. The number of hydrogen-bond donors (Lipinski definition) is 1. The lowest BCUT2D eigenvalue weighted by atomic mass is 9.77. The molecule has 1 aromatic rings. The molecule has 1 saturated carbocycles. The van der Waals surface area contributed by atoms with Gasteiger partial charge in [0.2, 0.25) is 0 Å². The highest BCUT2D eigenvalue weighted by atomic mass is 19.4. The molecule has 0 aliphatic heterocycles. The van der Waals surface area contributed by atoms with Gasteiger partial charge in [-0.15, -0.1) is 0 Å². The molecular formula is C17H24F3N. The maximum Gasteiger partial charge on any atom is 0.407 e. The van der Waals surface area contributed by atoms with E-state index in [4.69, 9.17) is 0 Å². The van der Waals surface area contributed by atoms with Gasteiger partial charge in [0.15, 0.2) is 0 Å². The van der Waals surface area contributed by atoms with Crippen molar-refractivity contribution in [1.29, 1.82) is 0 Å². The quantitative estimate of drug-likeness (QED) is 0.816. The van der Waals surface area contributed by atoms with E-state index in [9.17, 15) is 13.2 Å². The SMILES string of the molecule is CC(C)C1CCCCC1NC(c1ccccc1)C(F)(F)F. The average molecular weight is 299 g/mol. The van der Waals surface area contributed by atoms with Crippen molar-refractivity contribution in [2.45, 2.75) is 57.8 Å². The van der Waals surface area contributed by atoms with Gasteiger partial charge in [0.05, 0.1) is 0 Å². The van der Waals surface area contributed by atoms with Crippen molar-refractivity contribution >= 4 is 0 Å². The van der Waals surface area contributed by atoms with Gasteiger partial charge in [-0.05, 0) is 30.2 Å². The first-order valence-corrected chi connectivity index (χ1v) is 7.77. The Kier molecular flexibility index (Phi) is 5.31. The summed E-state index contributed by atoms with van der Waals surface area (Å²) in [4.78, 5) is 0. The molecule has 0 heterocycles. The second-order valence-corrected chi connectivity index (χ2v) is 6.35. The van der Waals surface area contributed by atoms with Crippen LogP contribution in [0.2, 0.25) is 0 Å². The Morgan fingerprint density at radius 2 is 1.67 bits per heavy atom. The maximum atomic E-state index is 13.4. The van der Waals surface area contributed by atoms with E-state index in [1.807, 2.05) is 0 Å². The number of hydrogen-bond acceptors (Lipinski definition) is 1. The summed E-state index contributed by atoms with van der Waals surface area (Å²) >= 11 is 0. The smallest absolute Gasteiger partial charge is 0.299 e. The summed E-state index contributed by atoms with van der Waals surface area (Å²) in [5.41, 5.74) is 0.304. The summed E-state index contributed by atoms with van der Waals surface area (Å²) in [6.07, 6.45) is -0.263. The fourth-order valence-electron chi connectivity index (χ4n) is 3.40. The van der Waals surface area contributed by atoms with E-state index in [0.29, 0.717) is 17.4 Å². The minimum atomic E-state index is -4.26. The molecule has 0 amide bonds. The van der Waals surface area contributed by atoms with Gasteiger partial charge in [-0.1, -0.05) is 57.0 Å². The fraction of sp³-hybridized carbons (Fsp3) is 0.647. The van der Waals surface area contributed by atoms with Crippen LogP contribution in [0.3, 0.4) is 0 Å². The number of rotatable bonds is 4. The molecule has 0 saturated heterocycles. The van der Waals surface area contributed by atoms with E-state index in [1.54, 1.807) is 30.3 Å². The first kappa shape index (κ1) is 16.3. The molecule has 21 heavy (non-hydrogen) atoms. The molecule has 1 aliphatic rings. The molecular weight excluding hydrogens is 275 g/mol. The van der Waals surface area contributed by atoms with Crippen LogP contribution >= 0.6 is 0 Å². The summed E-state index contributed by atoms with van der Waals surface area (Å²) in [5, 5.41) is 2.92. The van der Waals surface area contributed by atoms with Crippen LogP contribution in [0.1, 0.15) is 51.1 Å². The van der Waals surface area contributed by atoms with Crippen LogP contribution in [-0.4, -0.2) is 12.2 Å². The molecule has 118 valence electrons. The van der Waals surface area contributed by atoms with Crippen molar-refractivity contribution in [3.05, 3.63) is 35.9 Å². The van der Waals surface area contributed by atoms with Crippen LogP contribution in [0, 0.1) is 11.8 Å². The van der Waals surface area contributed by atoms with Crippen LogP contribution in [0.15, 0.2) is 30.3 Å². The van der Waals surface area contributed by atoms with E-state index in [1.165, 1.54) is 0 Å². The van der Waals surface area contributed by atoms with Gasteiger partial charge in [-0.25, -0.2) is 0 Å².